The summed E-state index contributed by atoms with van der Waals surface area (Å²) in [7, 11) is 0. The van der Waals surface area contributed by atoms with Gasteiger partial charge in [0.1, 0.15) is 0 Å². The lowest BCUT2D eigenvalue weighted by Crippen LogP contribution is -2.09. The van der Waals surface area contributed by atoms with Gasteiger partial charge in [-0.15, -0.1) is 0 Å². The average Bonchev–Trinajstić information content (AvgIpc) is 2.23. The van der Waals surface area contributed by atoms with Crippen LogP contribution in [0, 0.1) is 24.0 Å². The van der Waals surface area contributed by atoms with Gasteiger partial charge < -0.3 is 0 Å². The molecule has 1 aromatic carbocycles. The summed E-state index contributed by atoms with van der Waals surface area (Å²) < 4.78 is 0. The minimum absolute atomic E-state index is 0.267. The highest BCUT2D eigenvalue weighted by molar-refractivity contribution is 5.53. The molecule has 0 heterocycles. The molecule has 0 spiro atoms. The van der Waals surface area contributed by atoms with Crippen molar-refractivity contribution in [1.82, 2.24) is 0 Å². The van der Waals surface area contributed by atoms with Crippen molar-refractivity contribution in [3.63, 3.8) is 0 Å². The first-order valence-electron chi connectivity index (χ1n) is 5.37. The molecule has 0 atom stereocenters. The highest BCUT2D eigenvalue weighted by atomic mass is 16.6. The largest absolute Gasteiger partial charge is 0.272 e. The molecule has 0 saturated carbocycles. The fourth-order valence-corrected chi connectivity index (χ4v) is 2.50. The van der Waals surface area contributed by atoms with E-state index in [1.165, 1.54) is 17.5 Å². The van der Waals surface area contributed by atoms with Crippen molar-refractivity contribution in [3.05, 3.63) is 38.4 Å². The Hall–Kier alpha value is -1.38. The number of nitrogens with zero attached hydrogens (tertiary/aromatic N) is 1. The lowest BCUT2D eigenvalue weighted by Gasteiger charge is -2.20. The molecule has 1 aliphatic rings. The Bertz CT molecular complexity index is 424. The van der Waals surface area contributed by atoms with Crippen LogP contribution in [0.5, 0.6) is 0 Å². The molecular formula is C12H15NO2. The first-order valence-corrected chi connectivity index (χ1v) is 5.37. The van der Waals surface area contributed by atoms with Gasteiger partial charge in [0.15, 0.2) is 0 Å². The van der Waals surface area contributed by atoms with Crippen molar-refractivity contribution >= 4 is 5.69 Å². The van der Waals surface area contributed by atoms with Gasteiger partial charge in [0.05, 0.1) is 4.92 Å². The molecule has 0 fully saturated rings. The topological polar surface area (TPSA) is 43.1 Å². The first-order chi connectivity index (χ1) is 7.11. The Kier molecular flexibility index (Phi) is 2.47. The number of fused-ring (bicyclic) bond motifs is 1. The molecule has 0 aliphatic heterocycles. The Labute approximate surface area is 89.3 Å². The lowest BCUT2D eigenvalue weighted by molar-refractivity contribution is -0.385. The number of nitro benzene ring substituents is 1. The van der Waals surface area contributed by atoms with E-state index in [0.29, 0.717) is 0 Å². The smallest absolute Gasteiger partial charge is 0.258 e. The molecular weight excluding hydrogens is 190 g/mol. The zero-order valence-electron chi connectivity index (χ0n) is 9.17. The predicted octanol–water partition coefficient (Wildman–Crippen LogP) is 3.09. The summed E-state index contributed by atoms with van der Waals surface area (Å²) in [5.74, 6) is 0. The molecule has 80 valence electrons. The fraction of sp³-hybridized carbons (Fsp3) is 0.500. The van der Waals surface area contributed by atoms with Crippen LogP contribution in [0.15, 0.2) is 6.07 Å². The average molecular weight is 205 g/mol. The van der Waals surface area contributed by atoms with Crippen LogP contribution in [-0.4, -0.2) is 4.92 Å². The third-order valence-corrected chi connectivity index (χ3v) is 3.33. The highest BCUT2D eigenvalue weighted by Crippen LogP contribution is 2.32. The second kappa shape index (κ2) is 3.65. The molecule has 0 radical (unpaired) electrons. The van der Waals surface area contributed by atoms with Crippen LogP contribution in [0.3, 0.4) is 0 Å². The summed E-state index contributed by atoms with van der Waals surface area (Å²) >= 11 is 0. The highest BCUT2D eigenvalue weighted by Gasteiger charge is 2.21. The van der Waals surface area contributed by atoms with Crippen LogP contribution < -0.4 is 0 Å². The minimum atomic E-state index is -0.267. The maximum absolute atomic E-state index is 10.9. The van der Waals surface area contributed by atoms with E-state index in [4.69, 9.17) is 0 Å². The van der Waals surface area contributed by atoms with Crippen LogP contribution in [-0.2, 0) is 12.8 Å². The summed E-state index contributed by atoms with van der Waals surface area (Å²) in [4.78, 5) is 10.6. The Balaban J connectivity index is 2.64. The fourth-order valence-electron chi connectivity index (χ4n) is 2.50. The van der Waals surface area contributed by atoms with Crippen molar-refractivity contribution in [2.24, 2.45) is 0 Å². The second-order valence-electron chi connectivity index (χ2n) is 4.26. The molecule has 0 aromatic heterocycles. The van der Waals surface area contributed by atoms with E-state index >= 15 is 0 Å². The van der Waals surface area contributed by atoms with Crippen LogP contribution in [0.1, 0.15) is 35.1 Å². The second-order valence-corrected chi connectivity index (χ2v) is 4.26. The molecule has 0 N–H and O–H groups in total. The first kappa shape index (κ1) is 10.1. The summed E-state index contributed by atoms with van der Waals surface area (Å²) in [6.45, 7) is 3.86. The van der Waals surface area contributed by atoms with Crippen molar-refractivity contribution in [1.29, 1.82) is 0 Å². The van der Waals surface area contributed by atoms with Crippen LogP contribution in [0.2, 0.25) is 0 Å². The lowest BCUT2D eigenvalue weighted by atomic mass is 9.85. The standard InChI is InChI=1S/C12H15NO2/c1-8-7-12(13(14)15)9(2)11-6-4-3-5-10(8)11/h7H,3-6H2,1-2H3. The minimum Gasteiger partial charge on any atom is -0.258 e. The van der Waals surface area contributed by atoms with Gasteiger partial charge in [0, 0.05) is 11.6 Å². The molecule has 2 rings (SSSR count). The molecule has 1 aromatic rings. The Morgan fingerprint density at radius 1 is 1.20 bits per heavy atom. The quantitative estimate of drug-likeness (QED) is 0.522. The van der Waals surface area contributed by atoms with E-state index in [2.05, 4.69) is 0 Å². The predicted molar refractivity (Wildman–Crippen MR) is 59.2 cm³/mol. The van der Waals surface area contributed by atoms with Gasteiger partial charge in [-0.1, -0.05) is 0 Å². The molecule has 0 amide bonds. The van der Waals surface area contributed by atoms with Crippen molar-refractivity contribution in [2.75, 3.05) is 0 Å². The number of nitro groups is 1. The van der Waals surface area contributed by atoms with E-state index in [9.17, 15) is 10.1 Å². The van der Waals surface area contributed by atoms with E-state index < -0.39 is 0 Å². The van der Waals surface area contributed by atoms with Crippen molar-refractivity contribution in [2.45, 2.75) is 39.5 Å². The SMILES string of the molecule is Cc1cc([N+](=O)[O-])c(C)c2c1CCCC2. The monoisotopic (exact) mass is 205 g/mol. The van der Waals surface area contributed by atoms with Crippen molar-refractivity contribution < 1.29 is 4.92 Å². The summed E-state index contributed by atoms with van der Waals surface area (Å²) in [6, 6.07) is 1.72. The molecule has 3 heteroatoms. The third kappa shape index (κ3) is 1.62. The Morgan fingerprint density at radius 2 is 1.80 bits per heavy atom. The van der Waals surface area contributed by atoms with E-state index in [1.54, 1.807) is 6.07 Å². The number of hydrogen-bond acceptors (Lipinski definition) is 2. The maximum Gasteiger partial charge on any atom is 0.272 e. The normalized spacial score (nSPS) is 14.8. The molecule has 15 heavy (non-hydrogen) atoms. The van der Waals surface area contributed by atoms with E-state index in [0.717, 1.165) is 30.4 Å². The zero-order valence-corrected chi connectivity index (χ0v) is 9.17. The number of hydrogen-bond donors (Lipinski definition) is 0. The molecule has 3 nitrogen and oxygen atoms in total. The summed E-state index contributed by atoms with van der Waals surface area (Å²) in [5, 5.41) is 10.9. The molecule has 0 unspecified atom stereocenters. The van der Waals surface area contributed by atoms with Gasteiger partial charge >= 0.3 is 0 Å². The molecule has 0 bridgehead atoms. The summed E-state index contributed by atoms with van der Waals surface area (Å²) in [5.41, 5.74) is 4.83. The van der Waals surface area contributed by atoms with Gasteiger partial charge in [-0.25, -0.2) is 0 Å². The van der Waals surface area contributed by atoms with Gasteiger partial charge in [0.25, 0.3) is 5.69 Å². The maximum atomic E-state index is 10.9. The van der Waals surface area contributed by atoms with Gasteiger partial charge in [-0.3, -0.25) is 10.1 Å². The van der Waals surface area contributed by atoms with Gasteiger partial charge in [-0.2, -0.15) is 0 Å². The Morgan fingerprint density at radius 3 is 2.40 bits per heavy atom. The van der Waals surface area contributed by atoms with Crippen molar-refractivity contribution in [3.8, 4) is 0 Å². The third-order valence-electron chi connectivity index (χ3n) is 3.33. The van der Waals surface area contributed by atoms with E-state index in [-0.39, 0.29) is 10.6 Å². The van der Waals surface area contributed by atoms with E-state index in [1.807, 2.05) is 13.8 Å². The molecule has 0 saturated heterocycles. The number of rotatable bonds is 1. The summed E-state index contributed by atoms with van der Waals surface area (Å²) in [6.07, 6.45) is 4.46. The van der Waals surface area contributed by atoms with Crippen LogP contribution >= 0.6 is 0 Å². The molecule has 1 aliphatic carbocycles. The zero-order chi connectivity index (χ0) is 11.0. The number of benzene rings is 1. The number of aryl methyl sites for hydroxylation is 1. The van der Waals surface area contributed by atoms with Gasteiger partial charge in [0.2, 0.25) is 0 Å². The van der Waals surface area contributed by atoms with Gasteiger partial charge in [-0.05, 0) is 56.2 Å². The van der Waals surface area contributed by atoms with Crippen LogP contribution in [0.4, 0.5) is 5.69 Å². The van der Waals surface area contributed by atoms with Crippen LogP contribution in [0.25, 0.3) is 0 Å².